The number of urea groups is 1. The molecule has 0 aromatic rings. The summed E-state index contributed by atoms with van der Waals surface area (Å²) in [6, 6.07) is -1.38. The first-order valence-corrected chi connectivity index (χ1v) is 5.14. The van der Waals surface area contributed by atoms with Crippen LogP contribution in [0, 0.1) is 0 Å². The van der Waals surface area contributed by atoms with E-state index in [-0.39, 0.29) is 6.42 Å². The number of nitrogens with one attached hydrogen (secondary N) is 3. The molecule has 0 saturated heterocycles. The van der Waals surface area contributed by atoms with Crippen molar-refractivity contribution in [3.8, 4) is 0 Å². The van der Waals surface area contributed by atoms with Gasteiger partial charge in [-0.3, -0.25) is 0 Å². The molecule has 16 heavy (non-hydrogen) atoms. The maximum absolute atomic E-state index is 11.3. The van der Waals surface area contributed by atoms with Gasteiger partial charge in [-0.25, -0.2) is 9.59 Å². The summed E-state index contributed by atoms with van der Waals surface area (Å²) >= 11 is 0. The average molecular weight is 229 g/mol. The second kappa shape index (κ2) is 8.72. The van der Waals surface area contributed by atoms with E-state index in [0.717, 1.165) is 13.0 Å². The molecule has 0 aliphatic rings. The molecule has 0 aliphatic heterocycles. The summed E-state index contributed by atoms with van der Waals surface area (Å²) < 4.78 is 0. The van der Waals surface area contributed by atoms with E-state index in [4.69, 9.17) is 5.11 Å². The molecule has 0 aromatic carbocycles. The summed E-state index contributed by atoms with van der Waals surface area (Å²) in [5.74, 6) is -1.06. The fourth-order valence-corrected chi connectivity index (χ4v) is 1.06. The van der Waals surface area contributed by atoms with Gasteiger partial charge in [0.2, 0.25) is 0 Å². The van der Waals surface area contributed by atoms with E-state index in [2.05, 4.69) is 22.5 Å². The van der Waals surface area contributed by atoms with E-state index in [0.29, 0.717) is 6.54 Å². The number of carboxylic acids is 1. The van der Waals surface area contributed by atoms with Gasteiger partial charge in [0.05, 0.1) is 0 Å². The minimum absolute atomic E-state index is 0.208. The molecule has 2 amide bonds. The highest BCUT2D eigenvalue weighted by Crippen LogP contribution is 1.92. The van der Waals surface area contributed by atoms with Crippen molar-refractivity contribution in [3.63, 3.8) is 0 Å². The van der Waals surface area contributed by atoms with Gasteiger partial charge >= 0.3 is 12.0 Å². The predicted octanol–water partition coefficient (Wildman–Crippen LogP) is -0.0756. The number of carboxylic acid groups (broad SMARTS) is 1. The second-order valence-electron chi connectivity index (χ2n) is 3.27. The van der Waals surface area contributed by atoms with Crippen molar-refractivity contribution < 1.29 is 14.7 Å². The first-order valence-electron chi connectivity index (χ1n) is 5.14. The number of rotatable bonds is 8. The van der Waals surface area contributed by atoms with Gasteiger partial charge in [-0.15, -0.1) is 6.58 Å². The van der Waals surface area contributed by atoms with Crippen LogP contribution in [0.2, 0.25) is 0 Å². The van der Waals surface area contributed by atoms with Crippen molar-refractivity contribution in [1.29, 1.82) is 0 Å². The van der Waals surface area contributed by atoms with Crippen LogP contribution in [0.1, 0.15) is 12.8 Å². The van der Waals surface area contributed by atoms with Crippen molar-refractivity contribution in [1.82, 2.24) is 16.0 Å². The average Bonchev–Trinajstić information content (AvgIpc) is 2.23. The number of carbonyl (C=O) groups excluding carboxylic acids is 1. The number of aliphatic carboxylic acids is 1. The van der Waals surface area contributed by atoms with E-state index >= 15 is 0 Å². The van der Waals surface area contributed by atoms with Crippen LogP contribution < -0.4 is 16.0 Å². The van der Waals surface area contributed by atoms with E-state index in [9.17, 15) is 9.59 Å². The van der Waals surface area contributed by atoms with Crippen LogP contribution in [-0.2, 0) is 4.79 Å². The topological polar surface area (TPSA) is 90.5 Å². The Bertz CT molecular complexity index is 243. The van der Waals surface area contributed by atoms with Gasteiger partial charge in [0.15, 0.2) is 0 Å². The maximum Gasteiger partial charge on any atom is 0.326 e. The van der Waals surface area contributed by atoms with Crippen LogP contribution in [-0.4, -0.2) is 43.3 Å². The molecule has 1 unspecified atom stereocenters. The summed E-state index contributed by atoms with van der Waals surface area (Å²) in [4.78, 5) is 22.0. The monoisotopic (exact) mass is 229 g/mol. The predicted molar refractivity (Wildman–Crippen MR) is 61.3 cm³/mol. The highest BCUT2D eigenvalue weighted by atomic mass is 16.4. The third kappa shape index (κ3) is 6.83. The van der Waals surface area contributed by atoms with Crippen LogP contribution >= 0.6 is 0 Å². The molecule has 0 radical (unpaired) electrons. The van der Waals surface area contributed by atoms with Gasteiger partial charge in [0.25, 0.3) is 0 Å². The molecule has 4 N–H and O–H groups in total. The Morgan fingerprint density at radius 3 is 2.62 bits per heavy atom. The van der Waals surface area contributed by atoms with Crippen molar-refractivity contribution in [2.75, 3.05) is 20.1 Å². The molecule has 0 fully saturated rings. The second-order valence-corrected chi connectivity index (χ2v) is 3.27. The number of carbonyl (C=O) groups is 2. The highest BCUT2D eigenvalue weighted by molar-refractivity contribution is 5.82. The third-order valence-corrected chi connectivity index (χ3v) is 1.89. The molecule has 92 valence electrons. The zero-order chi connectivity index (χ0) is 12.4. The molecule has 0 aromatic heterocycles. The van der Waals surface area contributed by atoms with E-state index in [1.54, 1.807) is 0 Å². The van der Waals surface area contributed by atoms with Crippen molar-refractivity contribution >= 4 is 12.0 Å². The van der Waals surface area contributed by atoms with E-state index in [1.165, 1.54) is 6.08 Å². The fraction of sp³-hybridized carbons (Fsp3) is 0.600. The van der Waals surface area contributed by atoms with Gasteiger partial charge in [0, 0.05) is 6.54 Å². The zero-order valence-corrected chi connectivity index (χ0v) is 9.45. The summed E-state index contributed by atoms with van der Waals surface area (Å²) in [7, 11) is 1.82. The van der Waals surface area contributed by atoms with Crippen molar-refractivity contribution in [3.05, 3.63) is 12.7 Å². The van der Waals surface area contributed by atoms with Crippen LogP contribution in [0.25, 0.3) is 0 Å². The lowest BCUT2D eigenvalue weighted by Gasteiger charge is -2.13. The third-order valence-electron chi connectivity index (χ3n) is 1.89. The first-order chi connectivity index (χ1) is 7.61. The van der Waals surface area contributed by atoms with Crippen molar-refractivity contribution in [2.45, 2.75) is 18.9 Å². The Morgan fingerprint density at radius 2 is 2.12 bits per heavy atom. The van der Waals surface area contributed by atoms with Crippen LogP contribution in [0.5, 0.6) is 0 Å². The van der Waals surface area contributed by atoms with Gasteiger partial charge in [-0.05, 0) is 26.4 Å². The summed E-state index contributed by atoms with van der Waals surface area (Å²) in [5, 5.41) is 16.6. The Labute approximate surface area is 95.1 Å². The Kier molecular flexibility index (Phi) is 7.87. The molecular formula is C10H19N3O3. The first kappa shape index (κ1) is 14.4. The van der Waals surface area contributed by atoms with E-state index in [1.807, 2.05) is 7.05 Å². The minimum Gasteiger partial charge on any atom is -0.480 e. The fourth-order valence-electron chi connectivity index (χ4n) is 1.06. The lowest BCUT2D eigenvalue weighted by molar-refractivity contribution is -0.139. The maximum atomic E-state index is 11.3. The van der Waals surface area contributed by atoms with Crippen LogP contribution in [0.4, 0.5) is 4.79 Å². The van der Waals surface area contributed by atoms with Crippen LogP contribution in [0.3, 0.4) is 0 Å². The minimum atomic E-state index is -1.06. The van der Waals surface area contributed by atoms with Crippen molar-refractivity contribution in [2.24, 2.45) is 0 Å². The number of hydrogen-bond acceptors (Lipinski definition) is 3. The highest BCUT2D eigenvalue weighted by Gasteiger charge is 2.17. The Balaban J connectivity index is 3.81. The standard InChI is InChI=1S/C10H19N3O3/c1-3-5-8(9(14)15)13-10(16)12-7-4-6-11-2/h3,8,11H,1,4-7H2,2H3,(H,14,15)(H2,12,13,16). The quantitative estimate of drug-likeness (QED) is 0.346. The molecule has 6 nitrogen and oxygen atoms in total. The molecule has 0 aliphatic carbocycles. The molecule has 0 rings (SSSR count). The largest absolute Gasteiger partial charge is 0.480 e. The summed E-state index contributed by atoms with van der Waals surface area (Å²) in [5.41, 5.74) is 0. The molecule has 6 heteroatoms. The van der Waals surface area contributed by atoms with E-state index < -0.39 is 18.0 Å². The molecule has 0 heterocycles. The molecule has 0 saturated carbocycles. The number of amides is 2. The van der Waals surface area contributed by atoms with Gasteiger partial charge in [0.1, 0.15) is 6.04 Å². The lowest BCUT2D eigenvalue weighted by Crippen LogP contribution is -2.46. The summed E-state index contributed by atoms with van der Waals surface area (Å²) in [6.07, 6.45) is 2.46. The van der Waals surface area contributed by atoms with Crippen LogP contribution in [0.15, 0.2) is 12.7 Å². The van der Waals surface area contributed by atoms with Gasteiger partial charge in [-0.2, -0.15) is 0 Å². The Hall–Kier alpha value is -1.56. The zero-order valence-electron chi connectivity index (χ0n) is 9.45. The van der Waals surface area contributed by atoms with Gasteiger partial charge in [-0.1, -0.05) is 6.08 Å². The smallest absolute Gasteiger partial charge is 0.326 e. The lowest BCUT2D eigenvalue weighted by atomic mass is 10.2. The molecular weight excluding hydrogens is 210 g/mol. The summed E-state index contributed by atoms with van der Waals surface area (Å²) in [6.45, 7) is 4.74. The Morgan fingerprint density at radius 1 is 1.44 bits per heavy atom. The molecule has 1 atom stereocenters. The molecule has 0 spiro atoms. The van der Waals surface area contributed by atoms with Gasteiger partial charge < -0.3 is 21.1 Å². The normalized spacial score (nSPS) is 11.6. The number of hydrogen-bond donors (Lipinski definition) is 4. The SMILES string of the molecule is C=CCC(NC(=O)NCCCNC)C(=O)O. The molecule has 0 bridgehead atoms.